The third-order valence-corrected chi connectivity index (χ3v) is 10.9. The van der Waals surface area contributed by atoms with Crippen LogP contribution in [-0.2, 0) is 25.7 Å². The second-order valence-corrected chi connectivity index (χ2v) is 16.1. The Morgan fingerprint density at radius 3 is 1.06 bits per heavy atom. The number of fused-ring (bicyclic) bond motifs is 8. The van der Waals surface area contributed by atoms with Crippen LogP contribution in [0.15, 0.2) is 116 Å². The van der Waals surface area contributed by atoms with E-state index in [9.17, 15) is 20.4 Å². The van der Waals surface area contributed by atoms with Gasteiger partial charge in [0.05, 0.1) is 63.6 Å². The quantitative estimate of drug-likeness (QED) is 0.0247. The lowest BCUT2D eigenvalue weighted by atomic mass is 9.91. The highest BCUT2D eigenvalue weighted by Gasteiger charge is 2.22. The normalized spacial score (nSPS) is 12.4. The lowest BCUT2D eigenvalue weighted by Crippen LogP contribution is -2.24. The van der Waals surface area contributed by atoms with Crippen molar-refractivity contribution in [1.29, 1.82) is 0 Å². The SMILES string of the molecule is COc1cc(N=Nc2cc3c(O)c(c2)Cc2cccc(c2OC)Cc2cc(N=Nc4cc(/C=N/NC(N)=S)c(O)c(OC)c4)cc(c2O)Cc2cccc(c2OC)C3)cc(/C=N/NC(N)=S)c1O. The van der Waals surface area contributed by atoms with E-state index < -0.39 is 0 Å². The molecular weight excluding hydrogens is 909 g/mol. The second kappa shape index (κ2) is 21.3. The van der Waals surface area contributed by atoms with Crippen LogP contribution in [0.25, 0.3) is 0 Å². The van der Waals surface area contributed by atoms with E-state index in [1.807, 2.05) is 36.4 Å². The van der Waals surface area contributed by atoms with Gasteiger partial charge in [-0.15, -0.1) is 0 Å². The second-order valence-electron chi connectivity index (χ2n) is 15.2. The molecule has 0 unspecified atom stereocenters. The number of ether oxygens (including phenoxy) is 4. The zero-order valence-corrected chi connectivity index (χ0v) is 38.8. The minimum atomic E-state index is -0.175. The van der Waals surface area contributed by atoms with Gasteiger partial charge in [-0.05, 0) is 83.1 Å². The molecule has 10 N–H and O–H groups in total. The number of phenols is 4. The molecule has 1 aliphatic carbocycles. The van der Waals surface area contributed by atoms with Crippen LogP contribution in [0.1, 0.15) is 55.6 Å². The Labute approximate surface area is 401 Å². The number of azo groups is 2. The Morgan fingerprint density at radius 1 is 0.471 bits per heavy atom. The van der Waals surface area contributed by atoms with Gasteiger partial charge in [-0.3, -0.25) is 10.9 Å². The molecule has 20 heteroatoms. The first-order chi connectivity index (χ1) is 32.8. The molecule has 0 atom stereocenters. The number of hydrogen-bond acceptors (Lipinski definition) is 16. The van der Waals surface area contributed by atoms with Gasteiger partial charge in [0.15, 0.2) is 33.2 Å². The van der Waals surface area contributed by atoms with Crippen molar-refractivity contribution in [2.24, 2.45) is 42.1 Å². The van der Waals surface area contributed by atoms with Gasteiger partial charge in [0.1, 0.15) is 23.0 Å². The van der Waals surface area contributed by atoms with Crippen LogP contribution in [-0.4, -0.2) is 71.5 Å². The number of nitrogens with zero attached hydrogens (tertiary/aromatic N) is 6. The van der Waals surface area contributed by atoms with Gasteiger partial charge in [-0.2, -0.15) is 30.7 Å². The summed E-state index contributed by atoms with van der Waals surface area (Å²) in [5.74, 6) is 1.15. The van der Waals surface area contributed by atoms with Crippen LogP contribution in [0.5, 0.6) is 46.0 Å². The molecular formula is C48H46N10O8S2. The summed E-state index contributed by atoms with van der Waals surface area (Å²) in [5, 5.41) is 71.4. The molecule has 0 heterocycles. The first-order valence-corrected chi connectivity index (χ1v) is 21.4. The maximum atomic E-state index is 12.0. The summed E-state index contributed by atoms with van der Waals surface area (Å²) in [5.41, 5.74) is 23.1. The number of hydrogen-bond donors (Lipinski definition) is 8. The lowest BCUT2D eigenvalue weighted by molar-refractivity contribution is 0.373. The summed E-state index contributed by atoms with van der Waals surface area (Å²) in [6.07, 6.45) is 3.54. The van der Waals surface area contributed by atoms with Crippen LogP contribution >= 0.6 is 24.4 Å². The molecule has 6 aromatic carbocycles. The highest BCUT2D eigenvalue weighted by Crippen LogP contribution is 2.42. The number of rotatable bonds is 12. The minimum absolute atomic E-state index is 0.0529. The van der Waals surface area contributed by atoms with Crippen molar-refractivity contribution in [2.75, 3.05) is 28.4 Å². The molecule has 1 aliphatic rings. The summed E-state index contributed by atoms with van der Waals surface area (Å²) in [6.45, 7) is 0. The largest absolute Gasteiger partial charge is 0.507 e. The van der Waals surface area contributed by atoms with E-state index in [4.69, 9.17) is 54.9 Å². The van der Waals surface area contributed by atoms with Crippen LogP contribution in [0.4, 0.5) is 22.7 Å². The van der Waals surface area contributed by atoms with Gasteiger partial charge in [0.25, 0.3) is 0 Å². The monoisotopic (exact) mass is 954 g/mol. The van der Waals surface area contributed by atoms with Gasteiger partial charge < -0.3 is 50.8 Å². The summed E-state index contributed by atoms with van der Waals surface area (Å²) in [7, 11) is 5.96. The van der Waals surface area contributed by atoms with E-state index in [0.717, 1.165) is 22.3 Å². The Kier molecular flexibility index (Phi) is 14.9. The summed E-state index contributed by atoms with van der Waals surface area (Å²) < 4.78 is 22.9. The first-order valence-electron chi connectivity index (χ1n) is 20.6. The molecule has 348 valence electrons. The molecule has 0 fully saturated rings. The number of aromatic hydroxyl groups is 4. The summed E-state index contributed by atoms with van der Waals surface area (Å²) >= 11 is 9.64. The molecule has 6 aromatic rings. The number of methoxy groups -OCH3 is 4. The average Bonchev–Trinajstić information content (AvgIpc) is 3.31. The average molecular weight is 955 g/mol. The lowest BCUT2D eigenvalue weighted by Gasteiger charge is -2.19. The van der Waals surface area contributed by atoms with Gasteiger partial charge in [0.2, 0.25) is 0 Å². The van der Waals surface area contributed by atoms with Crippen LogP contribution in [0.3, 0.4) is 0 Å². The molecule has 0 saturated heterocycles. The number of thiocarbonyl (C=S) groups is 2. The van der Waals surface area contributed by atoms with Crippen molar-refractivity contribution in [3.05, 3.63) is 141 Å². The highest BCUT2D eigenvalue weighted by molar-refractivity contribution is 7.80. The molecule has 0 spiro atoms. The van der Waals surface area contributed by atoms with E-state index in [1.165, 1.54) is 38.8 Å². The van der Waals surface area contributed by atoms with Crippen molar-refractivity contribution in [2.45, 2.75) is 25.7 Å². The summed E-state index contributed by atoms with van der Waals surface area (Å²) in [4.78, 5) is 0. The molecule has 0 aliphatic heterocycles. The van der Waals surface area contributed by atoms with Crippen molar-refractivity contribution in [1.82, 2.24) is 10.9 Å². The van der Waals surface area contributed by atoms with E-state index in [1.54, 1.807) is 50.6 Å². The highest BCUT2D eigenvalue weighted by atomic mass is 32.1. The zero-order valence-electron chi connectivity index (χ0n) is 37.1. The number of para-hydroxylation sites is 2. The van der Waals surface area contributed by atoms with E-state index in [0.29, 0.717) is 56.5 Å². The standard InChI is InChI=1S/C48H46N10O8S2/c1-63-39-21-37(19-33(43(39)61)23-51-57-47(49)67)55-53-35-15-29-11-25-7-5-9-27(45(25)65-3)13-31-17-36(54-56-38-20-34(24-52-58-48(50)68)44(62)40(22-38)64-2)18-32(42(31)60)14-28-10-6-8-26(46(28)66-4)12-30(16-35)41(29)59/h5-10,15-24,59-62H,11-14H2,1-4H3,(H3,49,57,67)(H3,50,58,68)/b51-23+,52-24+,55-53?,56-54?. The molecule has 0 radical (unpaired) electrons. The molecule has 0 aromatic heterocycles. The smallest absolute Gasteiger partial charge is 0.184 e. The Balaban J connectivity index is 1.33. The first kappa shape index (κ1) is 47.6. The maximum absolute atomic E-state index is 12.0. The van der Waals surface area contributed by atoms with E-state index >= 15 is 0 Å². The van der Waals surface area contributed by atoms with Gasteiger partial charge in [-0.25, -0.2) is 0 Å². The fourth-order valence-corrected chi connectivity index (χ4v) is 7.84. The van der Waals surface area contributed by atoms with Gasteiger partial charge in [-0.1, -0.05) is 36.4 Å². The van der Waals surface area contributed by atoms with Crippen LogP contribution < -0.4 is 41.3 Å². The zero-order chi connectivity index (χ0) is 48.5. The maximum Gasteiger partial charge on any atom is 0.184 e. The van der Waals surface area contributed by atoms with E-state index in [-0.39, 0.29) is 81.5 Å². The Hall–Kier alpha value is -8.36. The molecule has 0 amide bonds. The minimum Gasteiger partial charge on any atom is -0.507 e. The third kappa shape index (κ3) is 11.0. The number of nitrogens with one attached hydrogen (secondary N) is 2. The van der Waals surface area contributed by atoms with Crippen molar-refractivity contribution in [3.8, 4) is 46.0 Å². The molecule has 68 heavy (non-hydrogen) atoms. The Morgan fingerprint density at radius 2 is 0.779 bits per heavy atom. The molecule has 7 rings (SSSR count). The number of benzene rings is 6. The summed E-state index contributed by atoms with van der Waals surface area (Å²) in [6, 6.07) is 24.6. The molecule has 0 saturated carbocycles. The van der Waals surface area contributed by atoms with Crippen molar-refractivity contribution < 1.29 is 39.4 Å². The number of phenolic OH excluding ortho intramolecular Hbond substituents is 4. The van der Waals surface area contributed by atoms with Gasteiger partial charge in [0, 0.05) is 71.2 Å². The third-order valence-electron chi connectivity index (χ3n) is 10.7. The van der Waals surface area contributed by atoms with Crippen LogP contribution in [0, 0.1) is 0 Å². The van der Waals surface area contributed by atoms with Crippen molar-refractivity contribution >= 4 is 69.8 Å². The number of nitrogens with two attached hydrogens (primary N) is 2. The number of hydrazone groups is 2. The predicted molar refractivity (Wildman–Crippen MR) is 266 cm³/mol. The van der Waals surface area contributed by atoms with Crippen molar-refractivity contribution in [3.63, 3.8) is 0 Å². The molecule has 8 bridgehead atoms. The topological polar surface area (TPSA) is 268 Å². The molecule has 18 nitrogen and oxygen atoms in total. The van der Waals surface area contributed by atoms with Gasteiger partial charge >= 0.3 is 0 Å². The Bertz CT molecular complexity index is 2760. The fourth-order valence-electron chi connectivity index (χ4n) is 7.73. The van der Waals surface area contributed by atoms with Crippen LogP contribution in [0.2, 0.25) is 0 Å². The van der Waals surface area contributed by atoms with E-state index in [2.05, 4.69) is 41.5 Å². The predicted octanol–water partition coefficient (Wildman–Crippen LogP) is 8.39. The fraction of sp³-hybridized carbons (Fsp3) is 0.167.